The second kappa shape index (κ2) is 7.16. The summed E-state index contributed by atoms with van der Waals surface area (Å²) in [6.45, 7) is 7.55. The first-order valence-corrected chi connectivity index (χ1v) is 8.76. The smallest absolute Gasteiger partial charge is 0.419 e. The number of carbonyl (C=O) groups excluding carboxylic acids is 1. The van der Waals surface area contributed by atoms with Gasteiger partial charge in [-0.1, -0.05) is 36.4 Å². The van der Waals surface area contributed by atoms with E-state index in [1.165, 1.54) is 4.57 Å². The van der Waals surface area contributed by atoms with Crippen molar-refractivity contribution < 1.29 is 14.3 Å². The molecule has 1 heterocycles. The lowest BCUT2D eigenvalue weighted by molar-refractivity contribution is 0.0541. The summed E-state index contributed by atoms with van der Waals surface area (Å²) in [5.41, 5.74) is 1.95. The Bertz CT molecular complexity index is 1020. The highest BCUT2D eigenvalue weighted by Crippen LogP contribution is 2.34. The Morgan fingerprint density at radius 3 is 2.44 bits per heavy atom. The van der Waals surface area contributed by atoms with E-state index in [4.69, 9.17) is 9.47 Å². The third-order valence-electron chi connectivity index (χ3n) is 4.12. The number of benzene rings is 2. The van der Waals surface area contributed by atoms with Crippen molar-refractivity contribution in [3.8, 4) is 11.8 Å². The Morgan fingerprint density at radius 2 is 1.81 bits per heavy atom. The summed E-state index contributed by atoms with van der Waals surface area (Å²) in [7, 11) is 0. The van der Waals surface area contributed by atoms with Crippen molar-refractivity contribution in [1.82, 2.24) is 4.57 Å². The Kier molecular flexibility index (Phi) is 4.91. The Balaban J connectivity index is 2.06. The minimum Gasteiger partial charge on any atom is -0.488 e. The monoisotopic (exact) mass is 362 g/mol. The number of hydrogen-bond donors (Lipinski definition) is 0. The van der Waals surface area contributed by atoms with E-state index >= 15 is 0 Å². The molecule has 0 fully saturated rings. The van der Waals surface area contributed by atoms with E-state index in [9.17, 15) is 10.1 Å². The number of hydrogen-bond acceptors (Lipinski definition) is 4. The summed E-state index contributed by atoms with van der Waals surface area (Å²) in [4.78, 5) is 12.7. The zero-order chi connectivity index (χ0) is 19.6. The van der Waals surface area contributed by atoms with E-state index in [0.717, 1.165) is 5.56 Å². The number of nitriles is 1. The van der Waals surface area contributed by atoms with Gasteiger partial charge < -0.3 is 9.47 Å². The molecule has 0 saturated carbocycles. The van der Waals surface area contributed by atoms with Crippen LogP contribution in [0.4, 0.5) is 4.79 Å². The average Bonchev–Trinajstić information content (AvgIpc) is 2.91. The van der Waals surface area contributed by atoms with E-state index in [-0.39, 0.29) is 0 Å². The van der Waals surface area contributed by atoms with Gasteiger partial charge in [-0.05, 0) is 45.4 Å². The van der Waals surface area contributed by atoms with Gasteiger partial charge in [0.25, 0.3) is 0 Å². The molecule has 3 rings (SSSR count). The van der Waals surface area contributed by atoms with Gasteiger partial charge in [-0.3, -0.25) is 0 Å². The van der Waals surface area contributed by atoms with Crippen molar-refractivity contribution in [3.63, 3.8) is 0 Å². The van der Waals surface area contributed by atoms with E-state index in [1.807, 2.05) is 63.2 Å². The largest absolute Gasteiger partial charge is 0.488 e. The Hall–Kier alpha value is -3.26. The number of fused-ring (bicyclic) bond motifs is 1. The molecular formula is C22H22N2O3. The Morgan fingerprint density at radius 1 is 1.11 bits per heavy atom. The topological polar surface area (TPSA) is 64.2 Å². The normalized spacial score (nSPS) is 11.2. The van der Waals surface area contributed by atoms with Gasteiger partial charge in [-0.15, -0.1) is 0 Å². The fourth-order valence-electron chi connectivity index (χ4n) is 2.97. The molecule has 5 heteroatoms. The van der Waals surface area contributed by atoms with E-state index in [0.29, 0.717) is 34.5 Å². The van der Waals surface area contributed by atoms with Crippen LogP contribution < -0.4 is 4.74 Å². The second-order valence-electron chi connectivity index (χ2n) is 7.31. The van der Waals surface area contributed by atoms with Crippen LogP contribution in [0, 0.1) is 18.3 Å². The van der Waals surface area contributed by atoms with Crippen LogP contribution in [0.2, 0.25) is 0 Å². The summed E-state index contributed by atoms with van der Waals surface area (Å²) in [6.07, 6.45) is -0.508. The highest BCUT2D eigenvalue weighted by atomic mass is 16.6. The maximum atomic E-state index is 12.7. The first-order valence-electron chi connectivity index (χ1n) is 8.76. The second-order valence-corrected chi connectivity index (χ2v) is 7.31. The van der Waals surface area contributed by atoms with Gasteiger partial charge in [0.2, 0.25) is 0 Å². The fraction of sp³-hybridized carbons (Fsp3) is 0.273. The van der Waals surface area contributed by atoms with Crippen LogP contribution in [0.3, 0.4) is 0 Å². The summed E-state index contributed by atoms with van der Waals surface area (Å²) in [5.74, 6) is 0.568. The van der Waals surface area contributed by atoms with Crippen molar-refractivity contribution in [2.45, 2.75) is 39.9 Å². The number of rotatable bonds is 3. The van der Waals surface area contributed by atoms with Crippen molar-refractivity contribution in [3.05, 3.63) is 65.4 Å². The summed E-state index contributed by atoms with van der Waals surface area (Å²) >= 11 is 0. The molecule has 1 aromatic heterocycles. The lowest BCUT2D eigenvalue weighted by Gasteiger charge is -2.20. The zero-order valence-electron chi connectivity index (χ0n) is 15.9. The molecule has 0 unspecified atom stereocenters. The molecule has 0 aliphatic rings. The summed E-state index contributed by atoms with van der Waals surface area (Å²) in [5, 5.41) is 10.3. The van der Waals surface area contributed by atoms with Gasteiger partial charge in [0.1, 0.15) is 24.0 Å². The Labute approximate surface area is 158 Å². The van der Waals surface area contributed by atoms with Crippen LogP contribution in [0.5, 0.6) is 5.75 Å². The van der Waals surface area contributed by atoms with E-state index in [2.05, 4.69) is 6.07 Å². The summed E-state index contributed by atoms with van der Waals surface area (Å²) in [6, 6.07) is 17.4. The first kappa shape index (κ1) is 18.5. The minimum absolute atomic E-state index is 0.376. The first-order chi connectivity index (χ1) is 12.8. The molecule has 138 valence electrons. The minimum atomic E-state index is -0.631. The van der Waals surface area contributed by atoms with Crippen LogP contribution in [0.25, 0.3) is 10.9 Å². The highest BCUT2D eigenvalue weighted by molar-refractivity contribution is 5.99. The van der Waals surface area contributed by atoms with Gasteiger partial charge in [0, 0.05) is 5.69 Å². The zero-order valence-corrected chi connectivity index (χ0v) is 15.9. The lowest BCUT2D eigenvalue weighted by Crippen LogP contribution is -2.27. The third kappa shape index (κ3) is 3.80. The van der Waals surface area contributed by atoms with Crippen molar-refractivity contribution in [1.29, 1.82) is 5.26 Å². The third-order valence-corrected chi connectivity index (χ3v) is 4.12. The molecule has 2 aromatic carbocycles. The maximum absolute atomic E-state index is 12.7. The summed E-state index contributed by atoms with van der Waals surface area (Å²) < 4.78 is 12.9. The number of carbonyl (C=O) groups is 1. The molecule has 3 aromatic rings. The van der Waals surface area contributed by atoms with Gasteiger partial charge in [-0.25, -0.2) is 9.36 Å². The molecule has 0 saturated heterocycles. The van der Waals surface area contributed by atoms with Crippen LogP contribution in [-0.4, -0.2) is 16.3 Å². The molecule has 0 atom stereocenters. The molecule has 0 spiro atoms. The van der Waals surface area contributed by atoms with E-state index < -0.39 is 11.7 Å². The molecule has 0 aliphatic carbocycles. The van der Waals surface area contributed by atoms with Crippen molar-refractivity contribution in [2.75, 3.05) is 0 Å². The van der Waals surface area contributed by atoms with Gasteiger partial charge in [0.15, 0.2) is 0 Å². The maximum Gasteiger partial charge on any atom is 0.419 e. The molecule has 0 amide bonds. The SMILES string of the molecule is Cc1c(C#N)c2c(OCc3ccccc3)cccc2n1C(=O)OC(C)(C)C. The van der Waals surface area contributed by atoms with Crippen LogP contribution in [0.15, 0.2) is 48.5 Å². The molecular weight excluding hydrogens is 340 g/mol. The predicted molar refractivity (Wildman–Crippen MR) is 104 cm³/mol. The van der Waals surface area contributed by atoms with Crippen molar-refractivity contribution in [2.24, 2.45) is 0 Å². The quantitative estimate of drug-likeness (QED) is 0.644. The van der Waals surface area contributed by atoms with Gasteiger partial charge in [-0.2, -0.15) is 5.26 Å². The van der Waals surface area contributed by atoms with E-state index in [1.54, 1.807) is 13.0 Å². The van der Waals surface area contributed by atoms with Crippen molar-refractivity contribution >= 4 is 17.0 Å². The van der Waals surface area contributed by atoms with Crippen LogP contribution >= 0.6 is 0 Å². The fourth-order valence-corrected chi connectivity index (χ4v) is 2.97. The number of ether oxygens (including phenoxy) is 2. The predicted octanol–water partition coefficient (Wildman–Crippen LogP) is 5.18. The van der Waals surface area contributed by atoms with Crippen LogP contribution in [-0.2, 0) is 11.3 Å². The molecule has 0 N–H and O–H groups in total. The average molecular weight is 362 g/mol. The molecule has 0 aliphatic heterocycles. The highest BCUT2D eigenvalue weighted by Gasteiger charge is 2.25. The van der Waals surface area contributed by atoms with Crippen LogP contribution in [0.1, 0.15) is 37.6 Å². The number of aromatic nitrogens is 1. The molecule has 0 bridgehead atoms. The standard InChI is InChI=1S/C22H22N2O3/c1-15-17(13-23)20-18(24(15)21(25)27-22(2,3)4)11-8-12-19(20)26-14-16-9-6-5-7-10-16/h5-12H,14H2,1-4H3. The molecule has 5 nitrogen and oxygen atoms in total. The molecule has 27 heavy (non-hydrogen) atoms. The number of nitrogens with zero attached hydrogens (tertiary/aromatic N) is 2. The lowest BCUT2D eigenvalue weighted by atomic mass is 10.1. The van der Waals surface area contributed by atoms with Gasteiger partial charge >= 0.3 is 6.09 Å². The van der Waals surface area contributed by atoms with Gasteiger partial charge in [0.05, 0.1) is 16.5 Å². The molecule has 0 radical (unpaired) electrons.